The Morgan fingerprint density at radius 1 is 1.17 bits per heavy atom. The van der Waals surface area contributed by atoms with Crippen molar-refractivity contribution in [1.82, 2.24) is 24.5 Å². The molecule has 1 aromatic carbocycles. The number of rotatable bonds is 3. The van der Waals surface area contributed by atoms with Gasteiger partial charge in [-0.15, -0.1) is 0 Å². The summed E-state index contributed by atoms with van der Waals surface area (Å²) in [6.45, 7) is 4.25. The molecule has 1 aliphatic rings. The molecule has 0 radical (unpaired) electrons. The van der Waals surface area contributed by atoms with E-state index in [1.54, 1.807) is 12.3 Å². The molecule has 8 heteroatoms. The smallest absolute Gasteiger partial charge is 0.222 e. The first-order valence-corrected chi connectivity index (χ1v) is 10.0. The van der Waals surface area contributed by atoms with E-state index in [4.69, 9.17) is 16.7 Å². The van der Waals surface area contributed by atoms with E-state index in [2.05, 4.69) is 34.5 Å². The van der Waals surface area contributed by atoms with Crippen LogP contribution in [0.25, 0.3) is 28.3 Å². The maximum absolute atomic E-state index is 11.5. The zero-order chi connectivity index (χ0) is 20.8. The fraction of sp³-hybridized carbons (Fsp3) is 0.182. The van der Waals surface area contributed by atoms with Crippen LogP contribution in [-0.2, 0) is 17.8 Å². The number of aromatic nitrogens is 5. The van der Waals surface area contributed by atoms with Gasteiger partial charge in [-0.25, -0.2) is 9.67 Å². The zero-order valence-corrected chi connectivity index (χ0v) is 17.3. The van der Waals surface area contributed by atoms with E-state index < -0.39 is 0 Å². The zero-order valence-electron chi connectivity index (χ0n) is 16.6. The maximum atomic E-state index is 11.5. The second-order valence-electron chi connectivity index (χ2n) is 7.31. The van der Waals surface area contributed by atoms with Crippen LogP contribution in [0.15, 0.2) is 48.7 Å². The van der Waals surface area contributed by atoms with Gasteiger partial charge in [0, 0.05) is 36.9 Å². The Balaban J connectivity index is 1.75. The number of hydrogen-bond acceptors (Lipinski definition) is 4. The van der Waals surface area contributed by atoms with Crippen LogP contribution < -0.4 is 5.32 Å². The normalized spacial score (nSPS) is 12.4. The third-order valence-electron chi connectivity index (χ3n) is 5.23. The molecule has 0 saturated carbocycles. The lowest BCUT2D eigenvalue weighted by molar-refractivity contribution is -0.114. The van der Waals surface area contributed by atoms with Crippen molar-refractivity contribution in [2.45, 2.75) is 26.8 Å². The minimum absolute atomic E-state index is 0.149. The third-order valence-corrected chi connectivity index (χ3v) is 5.45. The number of fused-ring (bicyclic) bond motifs is 3. The summed E-state index contributed by atoms with van der Waals surface area (Å²) in [7, 11) is 0. The first-order valence-electron chi connectivity index (χ1n) is 9.67. The fourth-order valence-electron chi connectivity index (χ4n) is 3.92. The lowest BCUT2D eigenvalue weighted by Gasteiger charge is -2.15. The van der Waals surface area contributed by atoms with Gasteiger partial charge < -0.3 is 5.32 Å². The van der Waals surface area contributed by atoms with Gasteiger partial charge in [0.15, 0.2) is 5.82 Å². The highest BCUT2D eigenvalue weighted by Gasteiger charge is 2.28. The van der Waals surface area contributed by atoms with E-state index in [0.29, 0.717) is 17.5 Å². The molecule has 4 aromatic rings. The van der Waals surface area contributed by atoms with Gasteiger partial charge >= 0.3 is 0 Å². The lowest BCUT2D eigenvalue weighted by Crippen LogP contribution is -2.12. The van der Waals surface area contributed by atoms with Gasteiger partial charge in [0.2, 0.25) is 5.91 Å². The molecule has 0 bridgehead atoms. The van der Waals surface area contributed by atoms with Crippen LogP contribution >= 0.6 is 11.6 Å². The summed E-state index contributed by atoms with van der Waals surface area (Å²) in [6, 6.07) is 13.8. The number of pyridine rings is 1. The molecule has 0 spiro atoms. The summed E-state index contributed by atoms with van der Waals surface area (Å²) in [6.07, 6.45) is 2.55. The minimum atomic E-state index is -0.149. The summed E-state index contributed by atoms with van der Waals surface area (Å²) in [4.78, 5) is 15.7. The molecule has 1 aliphatic heterocycles. The van der Waals surface area contributed by atoms with Crippen LogP contribution in [0.3, 0.4) is 0 Å². The predicted octanol–water partition coefficient (Wildman–Crippen LogP) is 4.27. The second kappa shape index (κ2) is 7.11. The lowest BCUT2D eigenvalue weighted by atomic mass is 10.00. The number of amides is 1. The van der Waals surface area contributed by atoms with E-state index in [-0.39, 0.29) is 5.91 Å². The topological polar surface area (TPSA) is 77.6 Å². The molecule has 0 saturated heterocycles. The van der Waals surface area contributed by atoms with Gasteiger partial charge in [-0.3, -0.25) is 9.48 Å². The number of nitrogens with zero attached hydrogens (tertiary/aromatic N) is 5. The van der Waals surface area contributed by atoms with Crippen molar-refractivity contribution in [2.75, 3.05) is 5.32 Å². The highest BCUT2D eigenvalue weighted by atomic mass is 35.5. The van der Waals surface area contributed by atoms with Crippen molar-refractivity contribution in [3.05, 3.63) is 64.9 Å². The number of carbonyl (C=O) groups excluding carboxylic acids is 1. The van der Waals surface area contributed by atoms with Crippen LogP contribution in [0.1, 0.15) is 18.1 Å². The summed E-state index contributed by atoms with van der Waals surface area (Å²) >= 11 is 6.03. The Morgan fingerprint density at radius 3 is 2.73 bits per heavy atom. The van der Waals surface area contributed by atoms with Crippen LogP contribution in [0.4, 0.5) is 5.82 Å². The Bertz CT molecular complexity index is 1270. The van der Waals surface area contributed by atoms with Crippen molar-refractivity contribution >= 4 is 23.3 Å². The Hall–Kier alpha value is -3.45. The second-order valence-corrected chi connectivity index (χ2v) is 7.70. The molecule has 4 heterocycles. The van der Waals surface area contributed by atoms with Crippen LogP contribution in [0.5, 0.6) is 0 Å². The van der Waals surface area contributed by atoms with Crippen LogP contribution in [0.2, 0.25) is 5.15 Å². The minimum Gasteiger partial charge on any atom is -0.309 e. The molecule has 1 amide bonds. The number of para-hydroxylation sites is 1. The third kappa shape index (κ3) is 3.07. The van der Waals surface area contributed by atoms with Crippen molar-refractivity contribution in [2.24, 2.45) is 0 Å². The Labute approximate surface area is 178 Å². The first kappa shape index (κ1) is 18.6. The number of carbonyl (C=O) groups is 1. The summed E-state index contributed by atoms with van der Waals surface area (Å²) in [5.74, 6) is 0.384. The summed E-state index contributed by atoms with van der Waals surface area (Å²) in [5, 5.41) is 12.7. The van der Waals surface area contributed by atoms with E-state index in [0.717, 1.165) is 45.9 Å². The fourth-order valence-corrected chi connectivity index (χ4v) is 4.03. The average Bonchev–Trinajstić information content (AvgIpc) is 3.29. The molecule has 150 valence electrons. The van der Waals surface area contributed by atoms with Gasteiger partial charge in [-0.2, -0.15) is 10.2 Å². The Kier molecular flexibility index (Phi) is 4.40. The SMILES string of the molecule is CC(=O)Nc1cc2n(n1)CCc1c-2nn(-c2ccccc2C)c1-c1ccc(Cl)nc1. The number of nitrogens with one attached hydrogen (secondary N) is 1. The van der Waals surface area contributed by atoms with Crippen molar-refractivity contribution in [3.63, 3.8) is 0 Å². The highest BCUT2D eigenvalue weighted by Crippen LogP contribution is 2.38. The van der Waals surface area contributed by atoms with Gasteiger partial charge in [-0.05, 0) is 37.1 Å². The number of aryl methyl sites for hydroxylation is 2. The molecule has 0 unspecified atom stereocenters. The van der Waals surface area contributed by atoms with Crippen molar-refractivity contribution < 1.29 is 4.79 Å². The highest BCUT2D eigenvalue weighted by molar-refractivity contribution is 6.29. The van der Waals surface area contributed by atoms with Crippen molar-refractivity contribution in [3.8, 4) is 28.3 Å². The average molecular weight is 419 g/mol. The van der Waals surface area contributed by atoms with E-state index >= 15 is 0 Å². The molecule has 0 fully saturated rings. The van der Waals surface area contributed by atoms with Gasteiger partial charge in [0.25, 0.3) is 0 Å². The number of benzene rings is 1. The molecule has 0 atom stereocenters. The van der Waals surface area contributed by atoms with Gasteiger partial charge in [0.05, 0.1) is 17.1 Å². The molecule has 5 rings (SSSR count). The van der Waals surface area contributed by atoms with E-state index in [9.17, 15) is 4.79 Å². The van der Waals surface area contributed by atoms with E-state index in [1.165, 1.54) is 6.92 Å². The monoisotopic (exact) mass is 418 g/mol. The van der Waals surface area contributed by atoms with Gasteiger partial charge in [0.1, 0.15) is 10.8 Å². The van der Waals surface area contributed by atoms with E-state index in [1.807, 2.05) is 33.6 Å². The van der Waals surface area contributed by atoms with Crippen molar-refractivity contribution in [1.29, 1.82) is 0 Å². The Morgan fingerprint density at radius 2 is 2.00 bits per heavy atom. The van der Waals surface area contributed by atoms with Gasteiger partial charge in [-0.1, -0.05) is 29.8 Å². The largest absolute Gasteiger partial charge is 0.309 e. The molecule has 3 aromatic heterocycles. The standard InChI is InChI=1S/C22H19ClN6O/c1-13-5-3-4-6-17(13)29-22(15-7-8-19(23)24-12-15)16-9-10-28-18(21(16)27-29)11-20(26-28)25-14(2)30/h3-8,11-12H,9-10H2,1-2H3,(H,25,26,30). The number of anilines is 1. The number of halogens is 1. The molecular formula is C22H19ClN6O. The molecule has 0 aliphatic carbocycles. The molecular weight excluding hydrogens is 400 g/mol. The number of hydrogen-bond donors (Lipinski definition) is 1. The summed E-state index contributed by atoms with van der Waals surface area (Å²) in [5.41, 5.74) is 6.94. The quantitative estimate of drug-likeness (QED) is 0.504. The molecule has 7 nitrogen and oxygen atoms in total. The predicted molar refractivity (Wildman–Crippen MR) is 116 cm³/mol. The molecule has 30 heavy (non-hydrogen) atoms. The summed E-state index contributed by atoms with van der Waals surface area (Å²) < 4.78 is 3.87. The molecule has 1 N–H and O–H groups in total. The maximum Gasteiger partial charge on any atom is 0.222 e. The van der Waals surface area contributed by atoms with Crippen LogP contribution in [-0.4, -0.2) is 30.5 Å². The first-order chi connectivity index (χ1) is 14.5. The van der Waals surface area contributed by atoms with Crippen LogP contribution in [0, 0.1) is 6.92 Å².